The zero-order valence-corrected chi connectivity index (χ0v) is 32.6. The molecular formula is C43H57N5O4S. The Bertz CT molecular complexity index is 1740. The molecule has 284 valence electrons. The van der Waals surface area contributed by atoms with Gasteiger partial charge in [-0.25, -0.2) is 0 Å². The van der Waals surface area contributed by atoms with E-state index in [-0.39, 0.29) is 30.6 Å². The average Bonchev–Trinajstić information content (AvgIpc) is 3.15. The number of nitrogens with one attached hydrogen (secondary N) is 5. The Hall–Kier alpha value is -4.54. The number of fused-ring (bicyclic) bond motifs is 2. The van der Waals surface area contributed by atoms with Crippen molar-refractivity contribution in [2.24, 2.45) is 17.8 Å². The lowest BCUT2D eigenvalue weighted by molar-refractivity contribution is -0.132. The summed E-state index contributed by atoms with van der Waals surface area (Å²) in [6, 6.07) is 27.0. The highest BCUT2D eigenvalue weighted by Gasteiger charge is 2.31. The molecule has 0 saturated carbocycles. The summed E-state index contributed by atoms with van der Waals surface area (Å²) in [6.07, 6.45) is 1.32. The van der Waals surface area contributed by atoms with E-state index in [4.69, 9.17) is 12.2 Å². The Morgan fingerprint density at radius 3 is 1.87 bits per heavy atom. The minimum absolute atomic E-state index is 0.131. The monoisotopic (exact) mass is 739 g/mol. The maximum absolute atomic E-state index is 14.5. The van der Waals surface area contributed by atoms with E-state index in [0.717, 1.165) is 39.1 Å². The number of amides is 3. The summed E-state index contributed by atoms with van der Waals surface area (Å²) in [5.41, 5.74) is 2.11. The van der Waals surface area contributed by atoms with Crippen molar-refractivity contribution in [3.05, 3.63) is 96.1 Å². The quantitative estimate of drug-likeness (QED) is 0.0670. The molecule has 10 heteroatoms. The zero-order chi connectivity index (χ0) is 38.3. The molecule has 0 fully saturated rings. The summed E-state index contributed by atoms with van der Waals surface area (Å²) in [5.74, 6) is -0.978. The van der Waals surface area contributed by atoms with Crippen LogP contribution >= 0.6 is 12.2 Å². The number of aliphatic hydroxyl groups is 1. The number of rotatable bonds is 19. The standard InChI is InChI=1S/C43H57N5O4S/c1-6-29(4)27-46-40(50)26-39(49)38(23-28(2)3)48-42(52)37(21-22-45-43(53)44-5)47-41(51)34(24-32-17-11-15-30-13-7-9-19-35(30)32)25-33-18-12-16-31-14-8-10-20-36(31)33/h7-20,28-29,34,37-39,49H,6,21-27H2,1-5H3,(H,46,50)(H,47,51)(H,48,52)(H2,44,45,53)/t29?,37-,38-,39-/m0/s1. The third-order valence-corrected chi connectivity index (χ3v) is 10.2. The van der Waals surface area contributed by atoms with Crippen LogP contribution in [0.5, 0.6) is 0 Å². The van der Waals surface area contributed by atoms with Gasteiger partial charge >= 0.3 is 0 Å². The van der Waals surface area contributed by atoms with E-state index in [1.165, 1.54) is 0 Å². The van der Waals surface area contributed by atoms with Gasteiger partial charge in [0, 0.05) is 26.1 Å². The van der Waals surface area contributed by atoms with Gasteiger partial charge in [0.15, 0.2) is 5.11 Å². The number of benzene rings is 4. The van der Waals surface area contributed by atoms with Gasteiger partial charge in [0.1, 0.15) is 6.04 Å². The van der Waals surface area contributed by atoms with E-state index in [2.05, 4.69) is 89.0 Å². The first-order valence-corrected chi connectivity index (χ1v) is 19.3. The van der Waals surface area contributed by atoms with Gasteiger partial charge in [0.25, 0.3) is 0 Å². The maximum Gasteiger partial charge on any atom is 0.242 e. The van der Waals surface area contributed by atoms with Crippen molar-refractivity contribution in [3.63, 3.8) is 0 Å². The van der Waals surface area contributed by atoms with Crippen LogP contribution in [0.4, 0.5) is 0 Å². The number of carbonyl (C=O) groups is 3. The minimum atomic E-state index is -1.10. The maximum atomic E-state index is 14.5. The predicted octanol–water partition coefficient (Wildman–Crippen LogP) is 5.81. The van der Waals surface area contributed by atoms with Crippen LogP contribution in [-0.2, 0) is 27.2 Å². The largest absolute Gasteiger partial charge is 0.390 e. The molecule has 0 aliphatic rings. The van der Waals surface area contributed by atoms with Crippen molar-refractivity contribution in [1.82, 2.24) is 26.6 Å². The molecule has 0 aromatic heterocycles. The van der Waals surface area contributed by atoms with Gasteiger partial charge in [-0.05, 0) is 82.4 Å². The number of hydrogen-bond acceptors (Lipinski definition) is 5. The molecule has 53 heavy (non-hydrogen) atoms. The highest BCUT2D eigenvalue weighted by molar-refractivity contribution is 7.80. The summed E-state index contributed by atoms with van der Waals surface area (Å²) in [4.78, 5) is 41.4. The Morgan fingerprint density at radius 2 is 1.32 bits per heavy atom. The molecule has 0 heterocycles. The fraction of sp³-hybridized carbons (Fsp3) is 0.442. The summed E-state index contributed by atoms with van der Waals surface area (Å²) >= 11 is 5.28. The number of carbonyl (C=O) groups excluding carboxylic acids is 3. The van der Waals surface area contributed by atoms with Crippen LogP contribution in [0.2, 0.25) is 0 Å². The number of hydrogen-bond donors (Lipinski definition) is 6. The van der Waals surface area contributed by atoms with Crippen LogP contribution in [0.25, 0.3) is 21.5 Å². The Kier molecular flexibility index (Phi) is 16.0. The third-order valence-electron chi connectivity index (χ3n) is 9.90. The first-order chi connectivity index (χ1) is 25.5. The normalized spacial score (nSPS) is 13.7. The van der Waals surface area contributed by atoms with Gasteiger partial charge < -0.3 is 31.7 Å². The molecule has 4 aromatic carbocycles. The average molecular weight is 740 g/mol. The highest BCUT2D eigenvalue weighted by Crippen LogP contribution is 2.26. The Balaban J connectivity index is 1.61. The van der Waals surface area contributed by atoms with Crippen LogP contribution in [0.15, 0.2) is 84.9 Å². The van der Waals surface area contributed by atoms with Crippen LogP contribution in [0, 0.1) is 17.8 Å². The summed E-state index contributed by atoms with van der Waals surface area (Å²) in [5, 5.41) is 31.0. The molecule has 4 aromatic rings. The second-order valence-electron chi connectivity index (χ2n) is 14.6. The highest BCUT2D eigenvalue weighted by atomic mass is 32.1. The molecule has 1 unspecified atom stereocenters. The molecule has 0 aliphatic carbocycles. The SMILES string of the molecule is CCC(C)CNC(=O)C[C@H](O)[C@H](CC(C)C)NC(=O)[C@H](CCNC(=S)NC)NC(=O)C(Cc1cccc2ccccc12)Cc1cccc2ccccc12. The van der Waals surface area contributed by atoms with Crippen LogP contribution in [0.3, 0.4) is 0 Å². The first-order valence-electron chi connectivity index (χ1n) is 18.9. The van der Waals surface area contributed by atoms with E-state index >= 15 is 0 Å². The molecule has 0 saturated heterocycles. The fourth-order valence-electron chi connectivity index (χ4n) is 6.65. The third kappa shape index (κ3) is 12.5. The first kappa shape index (κ1) is 41.2. The van der Waals surface area contributed by atoms with Crippen molar-refractivity contribution in [2.75, 3.05) is 20.1 Å². The van der Waals surface area contributed by atoms with E-state index in [0.29, 0.717) is 43.4 Å². The van der Waals surface area contributed by atoms with Gasteiger partial charge in [-0.2, -0.15) is 0 Å². The molecule has 0 bridgehead atoms. The van der Waals surface area contributed by atoms with Crippen LogP contribution in [-0.4, -0.2) is 66.3 Å². The van der Waals surface area contributed by atoms with E-state index in [1.807, 2.05) is 50.2 Å². The van der Waals surface area contributed by atoms with Crippen molar-refractivity contribution in [3.8, 4) is 0 Å². The smallest absolute Gasteiger partial charge is 0.242 e. The topological polar surface area (TPSA) is 132 Å². The van der Waals surface area contributed by atoms with Gasteiger partial charge in [0.2, 0.25) is 17.7 Å². The molecule has 0 aliphatic heterocycles. The van der Waals surface area contributed by atoms with Crippen LogP contribution in [0.1, 0.15) is 64.5 Å². The molecule has 4 rings (SSSR count). The summed E-state index contributed by atoms with van der Waals surface area (Å²) < 4.78 is 0. The van der Waals surface area contributed by atoms with Crippen molar-refractivity contribution < 1.29 is 19.5 Å². The molecule has 0 radical (unpaired) electrons. The molecule has 9 nitrogen and oxygen atoms in total. The molecule has 6 N–H and O–H groups in total. The van der Waals surface area contributed by atoms with E-state index < -0.39 is 30.0 Å². The van der Waals surface area contributed by atoms with E-state index in [1.54, 1.807) is 7.05 Å². The molecule has 3 amide bonds. The second-order valence-corrected chi connectivity index (χ2v) is 15.0. The molecule has 0 spiro atoms. The lowest BCUT2D eigenvalue weighted by Crippen LogP contribution is -2.55. The number of aliphatic hydroxyl groups excluding tert-OH is 1. The Labute approximate surface area is 320 Å². The van der Waals surface area contributed by atoms with Gasteiger partial charge in [-0.3, -0.25) is 14.4 Å². The van der Waals surface area contributed by atoms with E-state index in [9.17, 15) is 19.5 Å². The van der Waals surface area contributed by atoms with Crippen molar-refractivity contribution in [1.29, 1.82) is 0 Å². The summed E-state index contributed by atoms with van der Waals surface area (Å²) in [7, 11) is 1.71. The molecular weight excluding hydrogens is 683 g/mol. The predicted molar refractivity (Wildman–Crippen MR) is 219 cm³/mol. The van der Waals surface area contributed by atoms with Gasteiger partial charge in [0.05, 0.1) is 18.6 Å². The minimum Gasteiger partial charge on any atom is -0.390 e. The zero-order valence-electron chi connectivity index (χ0n) is 31.8. The number of thiocarbonyl (C=S) groups is 1. The lowest BCUT2D eigenvalue weighted by atomic mass is 9.87. The summed E-state index contributed by atoms with van der Waals surface area (Å²) in [6.45, 7) is 8.97. The molecule has 4 atom stereocenters. The Morgan fingerprint density at radius 1 is 0.755 bits per heavy atom. The second kappa shape index (κ2) is 20.6. The van der Waals surface area contributed by atoms with Crippen LogP contribution < -0.4 is 26.6 Å². The van der Waals surface area contributed by atoms with Crippen molar-refractivity contribution >= 4 is 56.6 Å². The van der Waals surface area contributed by atoms with Gasteiger partial charge in [-0.1, -0.05) is 119 Å². The van der Waals surface area contributed by atoms with Crippen molar-refractivity contribution in [2.45, 2.75) is 84.4 Å². The fourth-order valence-corrected chi connectivity index (χ4v) is 6.75. The lowest BCUT2D eigenvalue weighted by Gasteiger charge is -2.29. The van der Waals surface area contributed by atoms with Gasteiger partial charge in [-0.15, -0.1) is 0 Å².